The quantitative estimate of drug-likeness (QED) is 0.905. The Labute approximate surface area is 131 Å². The Hall–Kier alpha value is -1.36. The minimum Gasteiger partial charge on any atom is -0.207 e. The zero-order valence-electron chi connectivity index (χ0n) is 12.0. The van der Waals surface area contributed by atoms with Gasteiger partial charge in [-0.2, -0.15) is 0 Å². The summed E-state index contributed by atoms with van der Waals surface area (Å²) >= 11 is 5.88. The average molecular weight is 324 g/mol. The van der Waals surface area contributed by atoms with Crippen LogP contribution in [0.3, 0.4) is 0 Å². The standard InChI is InChI=1S/C16H18ClNO2S/c1-12(2)14-6-8-16(9-7-14)21(19,20)18-11-13-4-3-5-15(17)10-13/h3-10,12,18H,11H2,1-2H3. The maximum absolute atomic E-state index is 12.2. The summed E-state index contributed by atoms with van der Waals surface area (Å²) in [6.07, 6.45) is 0. The largest absolute Gasteiger partial charge is 0.240 e. The lowest BCUT2D eigenvalue weighted by Crippen LogP contribution is -2.23. The number of hydrogen-bond donors (Lipinski definition) is 1. The molecule has 0 bridgehead atoms. The van der Waals surface area contributed by atoms with Crippen molar-refractivity contribution in [2.24, 2.45) is 0 Å². The van der Waals surface area contributed by atoms with E-state index in [1.54, 1.807) is 30.3 Å². The van der Waals surface area contributed by atoms with E-state index < -0.39 is 10.0 Å². The summed E-state index contributed by atoms with van der Waals surface area (Å²) in [5.74, 6) is 0.376. The summed E-state index contributed by atoms with van der Waals surface area (Å²) in [5.41, 5.74) is 1.94. The number of hydrogen-bond acceptors (Lipinski definition) is 2. The van der Waals surface area contributed by atoms with Gasteiger partial charge in [-0.3, -0.25) is 0 Å². The number of benzene rings is 2. The molecule has 0 heterocycles. The molecule has 2 aromatic carbocycles. The lowest BCUT2D eigenvalue weighted by Gasteiger charge is -2.09. The molecule has 0 aliphatic rings. The van der Waals surface area contributed by atoms with E-state index in [1.165, 1.54) is 0 Å². The van der Waals surface area contributed by atoms with Gasteiger partial charge in [0.2, 0.25) is 10.0 Å². The van der Waals surface area contributed by atoms with Crippen LogP contribution in [0.15, 0.2) is 53.4 Å². The zero-order chi connectivity index (χ0) is 15.5. The monoisotopic (exact) mass is 323 g/mol. The third kappa shape index (κ3) is 4.30. The molecule has 0 atom stereocenters. The Balaban J connectivity index is 2.11. The highest BCUT2D eigenvalue weighted by Gasteiger charge is 2.13. The smallest absolute Gasteiger partial charge is 0.207 e. The van der Waals surface area contributed by atoms with E-state index >= 15 is 0 Å². The van der Waals surface area contributed by atoms with Gasteiger partial charge in [-0.1, -0.05) is 49.7 Å². The molecule has 0 fully saturated rings. The van der Waals surface area contributed by atoms with Crippen LogP contribution in [0.4, 0.5) is 0 Å². The van der Waals surface area contributed by atoms with Gasteiger partial charge in [-0.05, 0) is 41.3 Å². The Kier molecular flexibility index (Phi) is 5.04. The molecule has 0 aliphatic carbocycles. The van der Waals surface area contributed by atoms with Crippen molar-refractivity contribution in [1.29, 1.82) is 0 Å². The highest BCUT2D eigenvalue weighted by atomic mass is 35.5. The van der Waals surface area contributed by atoms with Crippen LogP contribution in [-0.2, 0) is 16.6 Å². The molecule has 112 valence electrons. The van der Waals surface area contributed by atoms with Crippen molar-refractivity contribution in [2.45, 2.75) is 31.2 Å². The van der Waals surface area contributed by atoms with Crippen LogP contribution in [0.25, 0.3) is 0 Å². The number of halogens is 1. The van der Waals surface area contributed by atoms with Crippen molar-refractivity contribution in [3.05, 3.63) is 64.7 Å². The number of sulfonamides is 1. The Bertz CT molecular complexity index is 709. The van der Waals surface area contributed by atoms with Crippen LogP contribution in [0.2, 0.25) is 5.02 Å². The first-order chi connectivity index (χ1) is 9.88. The van der Waals surface area contributed by atoms with Gasteiger partial charge in [0.05, 0.1) is 4.90 Å². The third-order valence-corrected chi connectivity index (χ3v) is 4.86. The SMILES string of the molecule is CC(C)c1ccc(S(=O)(=O)NCc2cccc(Cl)c2)cc1. The summed E-state index contributed by atoms with van der Waals surface area (Å²) in [7, 11) is -3.51. The highest BCUT2D eigenvalue weighted by Crippen LogP contribution is 2.17. The van der Waals surface area contributed by atoms with Gasteiger partial charge in [-0.25, -0.2) is 13.1 Å². The van der Waals surface area contributed by atoms with Gasteiger partial charge in [0.25, 0.3) is 0 Å². The normalized spacial score (nSPS) is 11.8. The van der Waals surface area contributed by atoms with Crippen LogP contribution >= 0.6 is 11.6 Å². The second-order valence-electron chi connectivity index (χ2n) is 5.18. The first kappa shape index (κ1) is 16.0. The van der Waals surface area contributed by atoms with Crippen molar-refractivity contribution in [3.8, 4) is 0 Å². The summed E-state index contributed by atoms with van der Waals surface area (Å²) in [6, 6.07) is 14.1. The second kappa shape index (κ2) is 6.60. The van der Waals surface area contributed by atoms with E-state index in [9.17, 15) is 8.42 Å². The van der Waals surface area contributed by atoms with E-state index in [1.807, 2.05) is 18.2 Å². The highest BCUT2D eigenvalue weighted by molar-refractivity contribution is 7.89. The molecule has 0 saturated carbocycles. The predicted molar refractivity (Wildman–Crippen MR) is 86.0 cm³/mol. The van der Waals surface area contributed by atoms with E-state index in [2.05, 4.69) is 18.6 Å². The molecular weight excluding hydrogens is 306 g/mol. The van der Waals surface area contributed by atoms with Crippen molar-refractivity contribution < 1.29 is 8.42 Å². The number of nitrogens with one attached hydrogen (secondary N) is 1. The average Bonchev–Trinajstić information content (AvgIpc) is 2.45. The van der Waals surface area contributed by atoms with Crippen LogP contribution in [0, 0.1) is 0 Å². The summed E-state index contributed by atoms with van der Waals surface area (Å²) < 4.78 is 27.0. The molecule has 1 N–H and O–H groups in total. The molecule has 21 heavy (non-hydrogen) atoms. The van der Waals surface area contributed by atoms with Crippen molar-refractivity contribution in [2.75, 3.05) is 0 Å². The molecule has 2 aromatic rings. The van der Waals surface area contributed by atoms with Crippen LogP contribution in [0.1, 0.15) is 30.9 Å². The fourth-order valence-corrected chi connectivity index (χ4v) is 3.17. The zero-order valence-corrected chi connectivity index (χ0v) is 13.6. The van der Waals surface area contributed by atoms with Crippen molar-refractivity contribution in [3.63, 3.8) is 0 Å². The molecule has 0 unspecified atom stereocenters. The van der Waals surface area contributed by atoms with Gasteiger partial charge < -0.3 is 0 Å². The molecular formula is C16H18ClNO2S. The maximum Gasteiger partial charge on any atom is 0.240 e. The van der Waals surface area contributed by atoms with Crippen LogP contribution in [0.5, 0.6) is 0 Å². The lowest BCUT2D eigenvalue weighted by atomic mass is 10.0. The molecule has 5 heteroatoms. The van der Waals surface area contributed by atoms with Gasteiger partial charge in [0, 0.05) is 11.6 Å². The molecule has 0 radical (unpaired) electrons. The minimum atomic E-state index is -3.51. The molecule has 2 rings (SSSR count). The predicted octanol–water partition coefficient (Wildman–Crippen LogP) is 3.94. The fourth-order valence-electron chi connectivity index (χ4n) is 1.94. The van der Waals surface area contributed by atoms with Crippen molar-refractivity contribution in [1.82, 2.24) is 4.72 Å². The lowest BCUT2D eigenvalue weighted by molar-refractivity contribution is 0.581. The van der Waals surface area contributed by atoms with Gasteiger partial charge >= 0.3 is 0 Å². The molecule has 0 spiro atoms. The Morgan fingerprint density at radius 3 is 2.33 bits per heavy atom. The van der Waals surface area contributed by atoms with Gasteiger partial charge in [0.1, 0.15) is 0 Å². The third-order valence-electron chi connectivity index (χ3n) is 3.21. The first-order valence-electron chi connectivity index (χ1n) is 6.72. The first-order valence-corrected chi connectivity index (χ1v) is 8.58. The molecule has 3 nitrogen and oxygen atoms in total. The maximum atomic E-state index is 12.2. The van der Waals surface area contributed by atoms with E-state index in [0.717, 1.165) is 11.1 Å². The Morgan fingerprint density at radius 1 is 1.10 bits per heavy atom. The van der Waals surface area contributed by atoms with Gasteiger partial charge in [0.15, 0.2) is 0 Å². The van der Waals surface area contributed by atoms with Crippen LogP contribution < -0.4 is 4.72 Å². The molecule has 0 aliphatic heterocycles. The molecule has 0 saturated heterocycles. The van der Waals surface area contributed by atoms with E-state index in [-0.39, 0.29) is 11.4 Å². The van der Waals surface area contributed by atoms with Gasteiger partial charge in [-0.15, -0.1) is 0 Å². The minimum absolute atomic E-state index is 0.217. The summed E-state index contributed by atoms with van der Waals surface area (Å²) in [6.45, 7) is 4.36. The summed E-state index contributed by atoms with van der Waals surface area (Å²) in [5, 5.41) is 0.591. The molecule has 0 amide bonds. The fraction of sp³-hybridized carbons (Fsp3) is 0.250. The summed E-state index contributed by atoms with van der Waals surface area (Å²) in [4.78, 5) is 0.272. The second-order valence-corrected chi connectivity index (χ2v) is 7.38. The van der Waals surface area contributed by atoms with E-state index in [0.29, 0.717) is 10.9 Å². The number of rotatable bonds is 5. The van der Waals surface area contributed by atoms with Crippen LogP contribution in [-0.4, -0.2) is 8.42 Å². The molecule has 0 aromatic heterocycles. The topological polar surface area (TPSA) is 46.2 Å². The Morgan fingerprint density at radius 2 is 1.76 bits per heavy atom. The van der Waals surface area contributed by atoms with E-state index in [4.69, 9.17) is 11.6 Å². The van der Waals surface area contributed by atoms with Crippen molar-refractivity contribution >= 4 is 21.6 Å².